The molecule has 0 heterocycles. The van der Waals surface area contributed by atoms with Crippen LogP contribution in [0.2, 0.25) is 0 Å². The van der Waals surface area contributed by atoms with Crippen molar-refractivity contribution in [2.24, 2.45) is 0 Å². The van der Waals surface area contributed by atoms with Crippen molar-refractivity contribution >= 4 is 5.78 Å². The molecular formula is C13H13NO3. The van der Waals surface area contributed by atoms with Gasteiger partial charge in [-0.05, 0) is 25.0 Å². The second-order valence-corrected chi connectivity index (χ2v) is 3.47. The van der Waals surface area contributed by atoms with Gasteiger partial charge in [0.1, 0.15) is 17.6 Å². The average Bonchev–Trinajstić information content (AvgIpc) is 2.28. The molecule has 0 amide bonds. The van der Waals surface area contributed by atoms with E-state index in [9.17, 15) is 9.90 Å². The Bertz CT molecular complexity index is 486. The Labute approximate surface area is 99.8 Å². The summed E-state index contributed by atoms with van der Waals surface area (Å²) in [7, 11) is 0. The van der Waals surface area contributed by atoms with Gasteiger partial charge in [-0.1, -0.05) is 6.08 Å². The lowest BCUT2D eigenvalue weighted by atomic mass is 10.0. The highest BCUT2D eigenvalue weighted by atomic mass is 16.5. The zero-order valence-corrected chi connectivity index (χ0v) is 9.56. The molecule has 0 bridgehead atoms. The van der Waals surface area contributed by atoms with Crippen molar-refractivity contribution in [3.63, 3.8) is 0 Å². The summed E-state index contributed by atoms with van der Waals surface area (Å²) >= 11 is 0. The summed E-state index contributed by atoms with van der Waals surface area (Å²) in [6.07, 6.45) is 2.16. The Morgan fingerprint density at radius 2 is 2.35 bits per heavy atom. The second kappa shape index (κ2) is 5.71. The Morgan fingerprint density at radius 1 is 1.65 bits per heavy atom. The number of aromatic hydroxyl groups is 1. The van der Waals surface area contributed by atoms with Crippen LogP contribution in [-0.2, 0) is 6.42 Å². The van der Waals surface area contributed by atoms with Gasteiger partial charge in [-0.25, -0.2) is 0 Å². The van der Waals surface area contributed by atoms with Gasteiger partial charge >= 0.3 is 0 Å². The molecule has 0 aliphatic rings. The lowest BCUT2D eigenvalue weighted by Gasteiger charge is -2.10. The van der Waals surface area contributed by atoms with Crippen LogP contribution in [0.15, 0.2) is 24.8 Å². The highest BCUT2D eigenvalue weighted by Crippen LogP contribution is 2.29. The van der Waals surface area contributed by atoms with Crippen molar-refractivity contribution in [2.75, 3.05) is 6.61 Å². The van der Waals surface area contributed by atoms with Gasteiger partial charge in [0.15, 0.2) is 12.4 Å². The van der Waals surface area contributed by atoms with Crippen LogP contribution in [0.4, 0.5) is 0 Å². The van der Waals surface area contributed by atoms with Gasteiger partial charge in [0.2, 0.25) is 0 Å². The number of ketones is 1. The number of nitriles is 1. The number of carbonyl (C=O) groups excluding carboxylic acids is 1. The van der Waals surface area contributed by atoms with Gasteiger partial charge in [-0.15, -0.1) is 6.58 Å². The number of allylic oxidation sites excluding steroid dienone is 1. The van der Waals surface area contributed by atoms with E-state index in [1.807, 2.05) is 6.07 Å². The Kier molecular flexibility index (Phi) is 4.29. The predicted octanol–water partition coefficient (Wildman–Crippen LogP) is 2.23. The van der Waals surface area contributed by atoms with Crippen LogP contribution in [0, 0.1) is 11.3 Å². The fourth-order valence-corrected chi connectivity index (χ4v) is 1.46. The summed E-state index contributed by atoms with van der Waals surface area (Å²) in [6.45, 7) is 4.88. The van der Waals surface area contributed by atoms with Crippen molar-refractivity contribution in [1.29, 1.82) is 5.26 Å². The lowest BCUT2D eigenvalue weighted by Crippen LogP contribution is -2.01. The first kappa shape index (κ1) is 12.8. The number of rotatable bonds is 5. The lowest BCUT2D eigenvalue weighted by molar-refractivity contribution is 0.101. The van der Waals surface area contributed by atoms with Crippen LogP contribution < -0.4 is 4.74 Å². The van der Waals surface area contributed by atoms with Gasteiger partial charge in [-0.2, -0.15) is 5.26 Å². The minimum Gasteiger partial charge on any atom is -0.507 e. The first-order valence-corrected chi connectivity index (χ1v) is 5.07. The highest BCUT2D eigenvalue weighted by molar-refractivity contribution is 5.97. The molecule has 17 heavy (non-hydrogen) atoms. The van der Waals surface area contributed by atoms with Crippen LogP contribution in [-0.4, -0.2) is 17.5 Å². The molecule has 0 spiro atoms. The molecule has 0 aromatic heterocycles. The monoisotopic (exact) mass is 231 g/mol. The first-order valence-electron chi connectivity index (χ1n) is 5.07. The molecule has 0 aliphatic heterocycles. The van der Waals surface area contributed by atoms with E-state index in [0.717, 1.165) is 5.56 Å². The Balaban J connectivity index is 3.20. The van der Waals surface area contributed by atoms with Gasteiger partial charge in [0, 0.05) is 6.07 Å². The standard InChI is InChI=1S/C13H13NO3/c1-3-4-10-7-11(9(2)15)12(16)8-13(10)17-6-5-14/h3,7-8,16H,1,4,6H2,2H3. The number of phenolic OH excluding ortho intramolecular Hbond substituents is 1. The normalized spacial score (nSPS) is 9.41. The van der Waals surface area contributed by atoms with Crippen molar-refractivity contribution in [2.45, 2.75) is 13.3 Å². The van der Waals surface area contributed by atoms with E-state index in [1.54, 1.807) is 12.1 Å². The highest BCUT2D eigenvalue weighted by Gasteiger charge is 2.12. The molecule has 0 saturated heterocycles. The zero-order valence-electron chi connectivity index (χ0n) is 9.56. The quantitative estimate of drug-likeness (QED) is 0.623. The van der Waals surface area contributed by atoms with Crippen molar-refractivity contribution in [3.05, 3.63) is 35.9 Å². The molecule has 88 valence electrons. The number of nitrogens with zero attached hydrogens (tertiary/aromatic N) is 1. The van der Waals surface area contributed by atoms with Gasteiger partial charge < -0.3 is 9.84 Å². The predicted molar refractivity (Wildman–Crippen MR) is 63.1 cm³/mol. The molecule has 0 unspecified atom stereocenters. The third-order valence-electron chi connectivity index (χ3n) is 2.21. The van der Waals surface area contributed by atoms with E-state index < -0.39 is 0 Å². The largest absolute Gasteiger partial charge is 0.507 e. The maximum Gasteiger partial charge on any atom is 0.174 e. The third kappa shape index (κ3) is 3.08. The summed E-state index contributed by atoms with van der Waals surface area (Å²) in [4.78, 5) is 11.3. The second-order valence-electron chi connectivity index (χ2n) is 3.47. The van der Waals surface area contributed by atoms with Crippen LogP contribution in [0.25, 0.3) is 0 Å². The molecule has 1 rings (SSSR count). The molecule has 1 N–H and O–H groups in total. The summed E-state index contributed by atoms with van der Waals surface area (Å²) in [6, 6.07) is 4.76. The van der Waals surface area contributed by atoms with Crippen molar-refractivity contribution < 1.29 is 14.6 Å². The van der Waals surface area contributed by atoms with Crippen LogP contribution in [0.5, 0.6) is 11.5 Å². The number of hydrogen-bond donors (Lipinski definition) is 1. The van der Waals surface area contributed by atoms with Crippen molar-refractivity contribution in [1.82, 2.24) is 0 Å². The smallest absolute Gasteiger partial charge is 0.174 e. The fourth-order valence-electron chi connectivity index (χ4n) is 1.46. The number of benzene rings is 1. The molecule has 0 radical (unpaired) electrons. The van der Waals surface area contributed by atoms with Gasteiger partial charge in [0.25, 0.3) is 0 Å². The van der Waals surface area contributed by atoms with Crippen molar-refractivity contribution in [3.8, 4) is 17.6 Å². The number of hydrogen-bond acceptors (Lipinski definition) is 4. The number of phenols is 1. The number of ether oxygens (including phenoxy) is 1. The SMILES string of the molecule is C=CCc1cc(C(C)=O)c(O)cc1OCC#N. The molecule has 1 aromatic carbocycles. The van der Waals surface area contributed by atoms with Crippen LogP contribution in [0.1, 0.15) is 22.8 Å². The molecule has 0 saturated carbocycles. The molecule has 4 heteroatoms. The summed E-state index contributed by atoms with van der Waals surface area (Å²) in [5.41, 5.74) is 0.962. The minimum absolute atomic E-state index is 0.108. The van der Waals surface area contributed by atoms with Crippen LogP contribution >= 0.6 is 0 Å². The number of Topliss-reactive ketones (excluding diaryl/α,β-unsaturated/α-hetero) is 1. The minimum atomic E-state index is -0.223. The van der Waals surface area contributed by atoms with E-state index in [2.05, 4.69) is 6.58 Å². The average molecular weight is 231 g/mol. The van der Waals surface area contributed by atoms with Gasteiger partial charge in [-0.3, -0.25) is 4.79 Å². The zero-order chi connectivity index (χ0) is 12.8. The maximum absolute atomic E-state index is 11.3. The van der Waals surface area contributed by atoms with E-state index in [0.29, 0.717) is 12.2 Å². The van der Waals surface area contributed by atoms with Crippen LogP contribution in [0.3, 0.4) is 0 Å². The van der Waals surface area contributed by atoms with E-state index in [-0.39, 0.29) is 23.7 Å². The van der Waals surface area contributed by atoms with E-state index >= 15 is 0 Å². The third-order valence-corrected chi connectivity index (χ3v) is 2.21. The van der Waals surface area contributed by atoms with E-state index in [1.165, 1.54) is 13.0 Å². The topological polar surface area (TPSA) is 70.3 Å². The first-order chi connectivity index (χ1) is 8.10. The summed E-state index contributed by atoms with van der Waals surface area (Å²) in [5.74, 6) is 0.0341. The van der Waals surface area contributed by atoms with Gasteiger partial charge in [0.05, 0.1) is 5.56 Å². The summed E-state index contributed by atoms with van der Waals surface area (Å²) < 4.78 is 5.17. The molecule has 4 nitrogen and oxygen atoms in total. The molecular weight excluding hydrogens is 218 g/mol. The summed E-state index contributed by atoms with van der Waals surface area (Å²) in [5, 5.41) is 18.1. The molecule has 1 aromatic rings. The van der Waals surface area contributed by atoms with E-state index in [4.69, 9.17) is 10.00 Å². The molecule has 0 fully saturated rings. The maximum atomic E-state index is 11.3. The number of carbonyl (C=O) groups is 1. The molecule has 0 aliphatic carbocycles. The Morgan fingerprint density at radius 3 is 2.88 bits per heavy atom. The Hall–Kier alpha value is -2.28. The molecule has 0 atom stereocenters. The fraction of sp³-hybridized carbons (Fsp3) is 0.231.